The van der Waals surface area contributed by atoms with Crippen molar-refractivity contribution in [1.29, 1.82) is 0 Å². The molecule has 0 aliphatic rings. The summed E-state index contributed by atoms with van der Waals surface area (Å²) in [5, 5.41) is 0. The number of thioether (sulfide) groups is 1. The van der Waals surface area contributed by atoms with Gasteiger partial charge in [0, 0.05) is 11.5 Å². The molecule has 0 aromatic heterocycles. The van der Waals surface area contributed by atoms with Crippen molar-refractivity contribution in [1.82, 2.24) is 0 Å². The SMILES string of the molecule is ClC(c1ccccc1)(c1ccccc1)c1ccccc1.ClSCc1ccccc1.ICI(I)c1ccccc1.c1ccc(CSC(c2ccccc2)(c2ccccc2)c2ccccc2)cc1. The van der Waals surface area contributed by atoms with Crippen molar-refractivity contribution in [2.75, 3.05) is 2.43 Å². The van der Waals surface area contributed by atoms with Crippen LogP contribution >= 0.6 is 102 Å². The summed E-state index contributed by atoms with van der Waals surface area (Å²) in [6.45, 7) is 0. The Labute approximate surface area is 441 Å². The van der Waals surface area contributed by atoms with E-state index in [-0.39, 0.29) is 4.75 Å². The minimum Gasteiger partial charge on any atom is -0.136 e. The molecule has 0 aliphatic heterocycles. The molecule has 0 fully saturated rings. The maximum absolute atomic E-state index is 7.12. The summed E-state index contributed by atoms with van der Waals surface area (Å²) in [6, 6.07) is 95.0. The predicted molar refractivity (Wildman–Crippen MR) is 318 cm³/mol. The molecule has 9 rings (SSSR count). The molecule has 0 saturated heterocycles. The minimum absolute atomic E-state index is 0.250. The van der Waals surface area contributed by atoms with E-state index >= 15 is 0 Å². The van der Waals surface area contributed by atoms with E-state index in [1.54, 1.807) is 3.57 Å². The molecule has 7 heteroatoms. The fraction of sp³-hybridized carbons (Fsp3) is 0.0847. The summed E-state index contributed by atoms with van der Waals surface area (Å²) in [5.41, 5.74) is 9.79. The molecule has 0 aliphatic carbocycles. The second-order valence-corrected chi connectivity index (χ2v) is 31.7. The summed E-state index contributed by atoms with van der Waals surface area (Å²) >= 11 is 13.5. The number of hydrogen-bond donors (Lipinski definition) is 0. The van der Waals surface area contributed by atoms with Gasteiger partial charge in [0.15, 0.2) is 0 Å². The molecule has 0 bridgehead atoms. The molecular weight excluding hydrogens is 1220 g/mol. The smallest absolute Gasteiger partial charge is 0.0910 e. The summed E-state index contributed by atoms with van der Waals surface area (Å²) in [4.78, 5) is -0.649. The summed E-state index contributed by atoms with van der Waals surface area (Å²) in [5.74, 6) is 1.84. The van der Waals surface area contributed by atoms with Gasteiger partial charge in [0.25, 0.3) is 0 Å². The number of halogens is 5. The molecule has 0 unspecified atom stereocenters. The normalized spacial score (nSPS) is 11.0. The average molecular weight is 1280 g/mol. The third-order valence-electron chi connectivity index (χ3n) is 10.5. The molecule has 9 aromatic rings. The molecule has 0 amide bonds. The first kappa shape index (κ1) is 51.8. The minimum atomic E-state index is -0.743. The average Bonchev–Trinajstić information content (AvgIpc) is 3.41. The second kappa shape index (κ2) is 28.7. The molecule has 0 atom stereocenters. The van der Waals surface area contributed by atoms with Gasteiger partial charge >= 0.3 is 93.4 Å². The summed E-state index contributed by atoms with van der Waals surface area (Å²) in [7, 11) is 6.78. The predicted octanol–water partition coefficient (Wildman–Crippen LogP) is 19.3. The van der Waals surface area contributed by atoms with Crippen LogP contribution in [0.3, 0.4) is 0 Å². The van der Waals surface area contributed by atoms with E-state index in [2.05, 4.69) is 241 Å². The Bertz CT molecular complexity index is 2440. The zero-order chi connectivity index (χ0) is 46.1. The van der Waals surface area contributed by atoms with Crippen molar-refractivity contribution in [3.63, 3.8) is 0 Å². The molecule has 0 saturated carbocycles. The third kappa shape index (κ3) is 15.0. The van der Waals surface area contributed by atoms with Crippen molar-refractivity contribution in [2.45, 2.75) is 21.1 Å². The van der Waals surface area contributed by atoms with Crippen molar-refractivity contribution in [3.05, 3.63) is 321 Å². The van der Waals surface area contributed by atoms with Gasteiger partial charge in [-0.05, 0) is 55.2 Å². The van der Waals surface area contributed by atoms with Crippen molar-refractivity contribution >= 4 is 102 Å². The molecule has 0 radical (unpaired) electrons. The van der Waals surface area contributed by atoms with Crippen LogP contribution in [0.4, 0.5) is 0 Å². The molecule has 0 heterocycles. The van der Waals surface area contributed by atoms with Crippen LogP contribution in [-0.4, -0.2) is 2.43 Å². The van der Waals surface area contributed by atoms with E-state index in [9.17, 15) is 0 Å². The fourth-order valence-corrected chi connectivity index (χ4v) is 15.4. The Morgan fingerprint density at radius 1 is 0.364 bits per heavy atom. The molecule has 9 aromatic carbocycles. The standard InChI is InChI=1S/C26H22S.C19H15Cl.C7H7ClS.C7H7I3/c1-5-13-22(14-6-1)21-27-26(23-15-7-2-8-16-23,24-17-9-3-10-18-24)25-19-11-4-12-20-25;20-19(16-10-4-1-5-11-16,17-12-6-2-7-13-17)18-14-8-3-9-15-18;8-9-6-7-4-2-1-3-5-7;8-6-10(9)7-4-2-1-3-5-7/h1-20H,21H2;1-15H;1-5H,6H2;1-5H,6H2. The molecule has 66 heavy (non-hydrogen) atoms. The quantitative estimate of drug-likeness (QED) is 0.0641. The van der Waals surface area contributed by atoms with E-state index in [0.717, 1.165) is 28.2 Å². The van der Waals surface area contributed by atoms with Gasteiger partial charge in [0.05, 0.1) is 4.75 Å². The number of hydrogen-bond acceptors (Lipinski definition) is 2. The Morgan fingerprint density at radius 2 is 0.621 bits per heavy atom. The van der Waals surface area contributed by atoms with Gasteiger partial charge in [0.2, 0.25) is 0 Å². The van der Waals surface area contributed by atoms with Crippen molar-refractivity contribution in [2.24, 2.45) is 0 Å². The van der Waals surface area contributed by atoms with Crippen LogP contribution in [0.2, 0.25) is 0 Å². The van der Waals surface area contributed by atoms with Crippen LogP contribution in [0.25, 0.3) is 0 Å². The van der Waals surface area contributed by atoms with Crippen LogP contribution in [0.15, 0.2) is 273 Å². The first-order valence-corrected chi connectivity index (χ1v) is 35.0. The Hall–Kier alpha value is -3.55. The van der Waals surface area contributed by atoms with Crippen LogP contribution in [0, 0.1) is 3.57 Å². The van der Waals surface area contributed by atoms with E-state index in [1.165, 1.54) is 41.2 Å². The monoisotopic (exact) mass is 1270 g/mol. The Balaban J connectivity index is 0.000000161. The Morgan fingerprint density at radius 3 is 0.909 bits per heavy atom. The number of rotatable bonds is 13. The molecule has 334 valence electrons. The molecule has 0 spiro atoms. The van der Waals surface area contributed by atoms with Gasteiger partial charge in [-0.25, -0.2) is 0 Å². The van der Waals surface area contributed by atoms with Crippen molar-refractivity contribution in [3.8, 4) is 0 Å². The van der Waals surface area contributed by atoms with Gasteiger partial charge in [-0.15, -0.1) is 23.4 Å². The Kier molecular flexibility index (Phi) is 22.5. The molecule has 0 nitrogen and oxygen atoms in total. The second-order valence-electron chi connectivity index (χ2n) is 14.8. The maximum Gasteiger partial charge on any atom is 0.0910 e. The summed E-state index contributed by atoms with van der Waals surface area (Å²) < 4.78 is 2.67. The van der Waals surface area contributed by atoms with Gasteiger partial charge in [0.1, 0.15) is 4.87 Å². The van der Waals surface area contributed by atoms with Crippen LogP contribution in [0.5, 0.6) is 0 Å². The zero-order valence-electron chi connectivity index (χ0n) is 36.3. The molecule has 0 N–H and O–H groups in total. The fourth-order valence-electron chi connectivity index (χ4n) is 7.28. The van der Waals surface area contributed by atoms with Gasteiger partial charge in [-0.2, -0.15) is 0 Å². The van der Waals surface area contributed by atoms with Crippen LogP contribution in [0.1, 0.15) is 44.5 Å². The van der Waals surface area contributed by atoms with E-state index in [4.69, 9.17) is 22.3 Å². The third-order valence-corrected chi connectivity index (χ3v) is 32.5. The van der Waals surface area contributed by atoms with E-state index in [0.29, 0.717) is 0 Å². The summed E-state index contributed by atoms with van der Waals surface area (Å²) in [6.07, 6.45) is 0. The van der Waals surface area contributed by atoms with Gasteiger partial charge in [-0.3, -0.25) is 0 Å². The number of alkyl halides is 3. The maximum atomic E-state index is 7.12. The topological polar surface area (TPSA) is 0 Å². The molecular formula is C59H51Cl2I3S2. The number of benzene rings is 9. The van der Waals surface area contributed by atoms with Gasteiger partial charge in [-0.1, -0.05) is 254 Å². The van der Waals surface area contributed by atoms with E-state index in [1.807, 2.05) is 84.6 Å². The van der Waals surface area contributed by atoms with Crippen LogP contribution in [-0.2, 0) is 21.1 Å². The largest absolute Gasteiger partial charge is 0.136 e. The van der Waals surface area contributed by atoms with E-state index < -0.39 is 20.7 Å². The first-order chi connectivity index (χ1) is 32.5. The van der Waals surface area contributed by atoms with Crippen molar-refractivity contribution < 1.29 is 0 Å². The van der Waals surface area contributed by atoms with Gasteiger partial charge < -0.3 is 0 Å². The first-order valence-electron chi connectivity index (χ1n) is 21.4. The van der Waals surface area contributed by atoms with Crippen LogP contribution < -0.4 is 0 Å². The zero-order valence-corrected chi connectivity index (χ0v) is 45.9.